The molecule has 1 fully saturated rings. The van der Waals surface area contributed by atoms with Gasteiger partial charge in [0.05, 0.1) is 12.7 Å². The molecule has 0 aliphatic carbocycles. The van der Waals surface area contributed by atoms with E-state index in [1.165, 1.54) is 12.1 Å². The number of benzene rings is 1. The minimum Gasteiger partial charge on any atom is -0.409 e. The largest absolute Gasteiger partial charge is 0.409 e. The van der Waals surface area contributed by atoms with Crippen molar-refractivity contribution in [1.29, 1.82) is 0 Å². The Labute approximate surface area is 117 Å². The molecule has 110 valence electrons. The van der Waals surface area contributed by atoms with Gasteiger partial charge < -0.3 is 15.7 Å². The van der Waals surface area contributed by atoms with Crippen LogP contribution in [0.15, 0.2) is 23.4 Å². The number of nitrogens with two attached hydrogens (primary N) is 1. The standard InChI is InChI=1S/C14H20FN3O2/c1-9-8-20-10(2)6-18(9)7-11-3-12(14(16)17-19)5-13(15)4-11/h3-5,9-10,19H,6-8H2,1-2H3,(H2,16,17). The first-order valence-electron chi connectivity index (χ1n) is 6.62. The Kier molecular flexibility index (Phi) is 4.57. The maximum Gasteiger partial charge on any atom is 0.170 e. The number of ether oxygens (including phenoxy) is 1. The van der Waals surface area contributed by atoms with Crippen LogP contribution in [0, 0.1) is 5.82 Å². The number of morpholine rings is 1. The van der Waals surface area contributed by atoms with E-state index in [0.29, 0.717) is 18.7 Å². The molecular formula is C14H20FN3O2. The van der Waals surface area contributed by atoms with Crippen LogP contribution in [-0.2, 0) is 11.3 Å². The van der Waals surface area contributed by atoms with E-state index >= 15 is 0 Å². The molecule has 0 aromatic heterocycles. The molecule has 3 N–H and O–H groups in total. The Balaban J connectivity index is 2.18. The van der Waals surface area contributed by atoms with Crippen LogP contribution < -0.4 is 5.73 Å². The molecule has 1 saturated heterocycles. The lowest BCUT2D eigenvalue weighted by molar-refractivity contribution is -0.0526. The van der Waals surface area contributed by atoms with Gasteiger partial charge in [-0.05, 0) is 37.6 Å². The van der Waals surface area contributed by atoms with E-state index < -0.39 is 5.82 Å². The molecule has 20 heavy (non-hydrogen) atoms. The molecule has 0 bridgehead atoms. The summed E-state index contributed by atoms with van der Waals surface area (Å²) >= 11 is 0. The maximum atomic E-state index is 13.6. The van der Waals surface area contributed by atoms with Crippen molar-refractivity contribution in [3.05, 3.63) is 35.1 Å². The van der Waals surface area contributed by atoms with Crippen LogP contribution in [-0.4, -0.2) is 41.2 Å². The Morgan fingerprint density at radius 3 is 2.95 bits per heavy atom. The zero-order valence-corrected chi connectivity index (χ0v) is 11.7. The summed E-state index contributed by atoms with van der Waals surface area (Å²) in [4.78, 5) is 2.24. The third-order valence-electron chi connectivity index (χ3n) is 3.48. The number of nitrogens with zero attached hydrogens (tertiary/aromatic N) is 2. The van der Waals surface area contributed by atoms with E-state index in [2.05, 4.69) is 17.0 Å². The minimum atomic E-state index is -0.391. The lowest BCUT2D eigenvalue weighted by atomic mass is 10.1. The number of oxime groups is 1. The predicted molar refractivity (Wildman–Crippen MR) is 74.2 cm³/mol. The van der Waals surface area contributed by atoms with Crippen LogP contribution in [0.25, 0.3) is 0 Å². The van der Waals surface area contributed by atoms with Gasteiger partial charge in [0.25, 0.3) is 0 Å². The zero-order chi connectivity index (χ0) is 14.7. The molecule has 1 aromatic rings. The Hall–Kier alpha value is -1.66. The second kappa shape index (κ2) is 6.19. The van der Waals surface area contributed by atoms with Crippen molar-refractivity contribution in [3.63, 3.8) is 0 Å². The SMILES string of the molecule is CC1CN(Cc2cc(F)cc(/C(N)=N/O)c2)C(C)CO1. The number of hydrogen-bond donors (Lipinski definition) is 2. The number of amidine groups is 1. The molecule has 2 rings (SSSR count). The van der Waals surface area contributed by atoms with Crippen LogP contribution in [0.4, 0.5) is 4.39 Å². The van der Waals surface area contributed by atoms with Crippen LogP contribution in [0.5, 0.6) is 0 Å². The summed E-state index contributed by atoms with van der Waals surface area (Å²) < 4.78 is 19.2. The molecule has 1 heterocycles. The van der Waals surface area contributed by atoms with Crippen LogP contribution in [0.3, 0.4) is 0 Å². The van der Waals surface area contributed by atoms with Crippen molar-refractivity contribution in [2.45, 2.75) is 32.5 Å². The van der Waals surface area contributed by atoms with E-state index in [0.717, 1.165) is 12.1 Å². The van der Waals surface area contributed by atoms with E-state index in [4.69, 9.17) is 15.7 Å². The number of rotatable bonds is 3. The topological polar surface area (TPSA) is 71.1 Å². The Bertz CT molecular complexity index is 507. The average molecular weight is 281 g/mol. The van der Waals surface area contributed by atoms with Crippen molar-refractivity contribution in [2.75, 3.05) is 13.2 Å². The fourth-order valence-electron chi connectivity index (χ4n) is 2.37. The van der Waals surface area contributed by atoms with Crippen LogP contribution in [0.1, 0.15) is 25.0 Å². The summed E-state index contributed by atoms with van der Waals surface area (Å²) in [5, 5.41) is 11.6. The lowest BCUT2D eigenvalue weighted by Gasteiger charge is -2.36. The smallest absolute Gasteiger partial charge is 0.170 e. The van der Waals surface area contributed by atoms with Gasteiger partial charge in [0, 0.05) is 24.7 Å². The van der Waals surface area contributed by atoms with Gasteiger partial charge in [-0.1, -0.05) is 5.16 Å². The van der Waals surface area contributed by atoms with E-state index in [9.17, 15) is 4.39 Å². The molecule has 0 radical (unpaired) electrons. The van der Waals surface area contributed by atoms with Gasteiger partial charge in [-0.2, -0.15) is 0 Å². The average Bonchev–Trinajstić information content (AvgIpc) is 2.41. The van der Waals surface area contributed by atoms with Gasteiger partial charge in [0.1, 0.15) is 5.82 Å². The first-order valence-corrected chi connectivity index (χ1v) is 6.62. The molecule has 6 heteroatoms. The summed E-state index contributed by atoms with van der Waals surface area (Å²) in [6.45, 7) is 6.18. The minimum absolute atomic E-state index is 0.0888. The summed E-state index contributed by atoms with van der Waals surface area (Å²) in [7, 11) is 0. The zero-order valence-electron chi connectivity index (χ0n) is 11.7. The third-order valence-corrected chi connectivity index (χ3v) is 3.48. The number of hydrogen-bond acceptors (Lipinski definition) is 4. The second-order valence-corrected chi connectivity index (χ2v) is 5.26. The van der Waals surface area contributed by atoms with E-state index in [1.807, 2.05) is 6.92 Å². The van der Waals surface area contributed by atoms with Gasteiger partial charge in [0.2, 0.25) is 0 Å². The molecule has 1 aliphatic heterocycles. The third kappa shape index (κ3) is 3.46. The molecule has 1 aromatic carbocycles. The van der Waals surface area contributed by atoms with Crippen molar-refractivity contribution in [1.82, 2.24) is 4.90 Å². The second-order valence-electron chi connectivity index (χ2n) is 5.26. The van der Waals surface area contributed by atoms with Gasteiger partial charge in [-0.15, -0.1) is 0 Å². The molecule has 0 spiro atoms. The van der Waals surface area contributed by atoms with Gasteiger partial charge in [0.15, 0.2) is 5.84 Å². The van der Waals surface area contributed by atoms with Crippen LogP contribution >= 0.6 is 0 Å². The highest BCUT2D eigenvalue weighted by Gasteiger charge is 2.23. The molecule has 1 aliphatic rings. The normalized spacial score (nSPS) is 24.9. The van der Waals surface area contributed by atoms with E-state index in [-0.39, 0.29) is 18.0 Å². The van der Waals surface area contributed by atoms with Gasteiger partial charge >= 0.3 is 0 Å². The highest BCUT2D eigenvalue weighted by atomic mass is 19.1. The van der Waals surface area contributed by atoms with Crippen molar-refractivity contribution >= 4 is 5.84 Å². The summed E-state index contributed by atoms with van der Waals surface area (Å²) in [6, 6.07) is 4.75. The maximum absolute atomic E-state index is 13.6. The quantitative estimate of drug-likeness (QED) is 0.381. The summed E-state index contributed by atoms with van der Waals surface area (Å²) in [5.41, 5.74) is 6.70. The lowest BCUT2D eigenvalue weighted by Crippen LogP contribution is -2.46. The first kappa shape index (κ1) is 14.7. The van der Waals surface area contributed by atoms with Gasteiger partial charge in [-0.3, -0.25) is 4.90 Å². The molecule has 5 nitrogen and oxygen atoms in total. The fraction of sp³-hybridized carbons (Fsp3) is 0.500. The monoisotopic (exact) mass is 281 g/mol. The molecule has 0 saturated carbocycles. The highest BCUT2D eigenvalue weighted by molar-refractivity contribution is 5.97. The number of halogens is 1. The van der Waals surface area contributed by atoms with Gasteiger partial charge in [-0.25, -0.2) is 4.39 Å². The highest BCUT2D eigenvalue weighted by Crippen LogP contribution is 2.17. The molecule has 0 amide bonds. The van der Waals surface area contributed by atoms with Crippen molar-refractivity contribution in [3.8, 4) is 0 Å². The predicted octanol–water partition coefficient (Wildman–Crippen LogP) is 1.53. The Morgan fingerprint density at radius 2 is 2.25 bits per heavy atom. The Morgan fingerprint density at radius 1 is 1.50 bits per heavy atom. The van der Waals surface area contributed by atoms with Crippen LogP contribution in [0.2, 0.25) is 0 Å². The molecular weight excluding hydrogens is 261 g/mol. The van der Waals surface area contributed by atoms with Crippen molar-refractivity contribution < 1.29 is 14.3 Å². The first-order chi connectivity index (χ1) is 9.49. The van der Waals surface area contributed by atoms with Crippen molar-refractivity contribution in [2.24, 2.45) is 10.9 Å². The molecule has 2 unspecified atom stereocenters. The van der Waals surface area contributed by atoms with E-state index in [1.54, 1.807) is 6.07 Å². The molecule has 2 atom stereocenters. The summed E-state index contributed by atoms with van der Waals surface area (Å²) in [5.74, 6) is -0.479. The summed E-state index contributed by atoms with van der Waals surface area (Å²) in [6.07, 6.45) is 0.170. The fourth-order valence-corrected chi connectivity index (χ4v) is 2.37.